The minimum absolute atomic E-state index is 0.149. The molecule has 2 fully saturated rings. The molecule has 0 atom stereocenters. The number of carbonyl (C=O) groups is 2. The van der Waals surface area contributed by atoms with E-state index in [0.717, 1.165) is 12.8 Å². The number of nitrogens with zero attached hydrogens (tertiary/aromatic N) is 5. The van der Waals surface area contributed by atoms with Crippen LogP contribution in [0, 0.1) is 5.92 Å². The van der Waals surface area contributed by atoms with Gasteiger partial charge in [-0.2, -0.15) is 9.78 Å². The maximum Gasteiger partial charge on any atom is 0.282 e. The van der Waals surface area contributed by atoms with Gasteiger partial charge in [0.1, 0.15) is 5.69 Å². The van der Waals surface area contributed by atoms with Crippen LogP contribution in [0.25, 0.3) is 16.9 Å². The highest BCUT2D eigenvalue weighted by Gasteiger charge is 2.36. The van der Waals surface area contributed by atoms with Crippen molar-refractivity contribution in [2.45, 2.75) is 26.3 Å². The molecule has 160 valence electrons. The second kappa shape index (κ2) is 7.68. The van der Waals surface area contributed by atoms with E-state index in [1.54, 1.807) is 17.3 Å². The first-order chi connectivity index (χ1) is 15.1. The summed E-state index contributed by atoms with van der Waals surface area (Å²) in [4.78, 5) is 42.4. The van der Waals surface area contributed by atoms with Crippen molar-refractivity contribution in [1.29, 1.82) is 0 Å². The van der Waals surface area contributed by atoms with Crippen LogP contribution in [0.15, 0.2) is 47.5 Å². The maximum absolute atomic E-state index is 13.4. The van der Waals surface area contributed by atoms with Crippen LogP contribution in [0.1, 0.15) is 30.1 Å². The third-order valence-electron chi connectivity index (χ3n) is 6.12. The normalized spacial score (nSPS) is 16.7. The Morgan fingerprint density at radius 1 is 1.00 bits per heavy atom. The number of para-hydroxylation sites is 1. The SMILES string of the molecule is CCn1cc(C(=O)N2CCN(C(=O)C3CC3)CC2)c2nn(-c3ccccc3)c(=O)c-2c1. The van der Waals surface area contributed by atoms with Gasteiger partial charge >= 0.3 is 0 Å². The Bertz CT molecular complexity index is 1150. The Hall–Kier alpha value is -3.42. The molecule has 1 saturated heterocycles. The maximum atomic E-state index is 13.4. The van der Waals surface area contributed by atoms with Crippen molar-refractivity contribution in [3.63, 3.8) is 0 Å². The lowest BCUT2D eigenvalue weighted by Crippen LogP contribution is -2.51. The third kappa shape index (κ3) is 3.52. The summed E-state index contributed by atoms with van der Waals surface area (Å²) in [6.07, 6.45) is 5.50. The molecule has 1 aromatic rings. The minimum Gasteiger partial charge on any atom is -0.353 e. The van der Waals surface area contributed by atoms with Gasteiger partial charge in [-0.05, 0) is 31.9 Å². The van der Waals surface area contributed by atoms with E-state index >= 15 is 0 Å². The van der Waals surface area contributed by atoms with Crippen LogP contribution in [-0.4, -0.2) is 62.1 Å². The summed E-state index contributed by atoms with van der Waals surface area (Å²) in [5.41, 5.74) is 1.70. The molecule has 0 aromatic heterocycles. The standard InChI is InChI=1S/C23H25N5O3/c1-2-25-14-18(22(30)27-12-10-26(11-13-27)21(29)16-8-9-16)20-19(15-25)23(31)28(24-20)17-6-4-3-5-7-17/h3-7,14-16H,2,8-13H2,1H3. The van der Waals surface area contributed by atoms with Gasteiger partial charge in [0.15, 0.2) is 0 Å². The fourth-order valence-electron chi connectivity index (χ4n) is 4.13. The van der Waals surface area contributed by atoms with Gasteiger partial charge in [-0.3, -0.25) is 14.4 Å². The summed E-state index contributed by atoms with van der Waals surface area (Å²) in [7, 11) is 0. The summed E-state index contributed by atoms with van der Waals surface area (Å²) < 4.78 is 3.20. The predicted molar refractivity (Wildman–Crippen MR) is 115 cm³/mol. The number of hydrogen-bond acceptors (Lipinski definition) is 4. The van der Waals surface area contributed by atoms with Crippen molar-refractivity contribution in [3.05, 3.63) is 58.6 Å². The molecule has 1 aromatic carbocycles. The highest BCUT2D eigenvalue weighted by molar-refractivity contribution is 6.00. The molecule has 1 aliphatic carbocycles. The first kappa shape index (κ1) is 19.5. The first-order valence-electron chi connectivity index (χ1n) is 10.8. The molecule has 8 heteroatoms. The third-order valence-corrected chi connectivity index (χ3v) is 6.12. The van der Waals surface area contributed by atoms with Crippen LogP contribution >= 0.6 is 0 Å². The van der Waals surface area contributed by atoms with Crippen LogP contribution in [0.5, 0.6) is 0 Å². The summed E-state index contributed by atoms with van der Waals surface area (Å²) in [6.45, 7) is 4.68. The van der Waals surface area contributed by atoms with E-state index in [-0.39, 0.29) is 23.3 Å². The molecule has 2 amide bonds. The van der Waals surface area contributed by atoms with E-state index < -0.39 is 0 Å². The van der Waals surface area contributed by atoms with Crippen molar-refractivity contribution in [2.24, 2.45) is 5.92 Å². The van der Waals surface area contributed by atoms with Gasteiger partial charge in [0, 0.05) is 51.0 Å². The molecule has 3 aliphatic heterocycles. The van der Waals surface area contributed by atoms with Crippen LogP contribution in [0.3, 0.4) is 0 Å². The number of aromatic nitrogens is 3. The van der Waals surface area contributed by atoms with Gasteiger partial charge in [0.05, 0.1) is 16.8 Å². The number of rotatable bonds is 4. The van der Waals surface area contributed by atoms with E-state index in [1.807, 2.05) is 46.7 Å². The second-order valence-electron chi connectivity index (χ2n) is 8.21. The molecule has 0 N–H and O–H groups in total. The van der Waals surface area contributed by atoms with E-state index in [0.29, 0.717) is 55.2 Å². The molecular formula is C23H25N5O3. The number of pyridine rings is 1. The lowest BCUT2D eigenvalue weighted by atomic mass is 10.1. The zero-order chi connectivity index (χ0) is 21.5. The Morgan fingerprint density at radius 2 is 1.68 bits per heavy atom. The van der Waals surface area contributed by atoms with Crippen molar-refractivity contribution in [3.8, 4) is 16.9 Å². The molecular weight excluding hydrogens is 394 g/mol. The minimum atomic E-state index is -0.238. The molecule has 5 rings (SSSR count). The number of hydrogen-bond donors (Lipinski definition) is 0. The van der Waals surface area contributed by atoms with E-state index in [9.17, 15) is 14.4 Å². The van der Waals surface area contributed by atoms with E-state index in [2.05, 4.69) is 5.10 Å². The van der Waals surface area contributed by atoms with Crippen LogP contribution in [0.4, 0.5) is 0 Å². The van der Waals surface area contributed by atoms with Crippen LogP contribution in [0.2, 0.25) is 0 Å². The molecule has 4 aliphatic rings. The number of aryl methyl sites for hydroxylation is 1. The highest BCUT2D eigenvalue weighted by atomic mass is 16.2. The lowest BCUT2D eigenvalue weighted by molar-refractivity contribution is -0.134. The fraction of sp³-hybridized carbons (Fsp3) is 0.391. The molecule has 31 heavy (non-hydrogen) atoms. The Labute approximate surface area is 180 Å². The quantitative estimate of drug-likeness (QED) is 0.647. The Morgan fingerprint density at radius 3 is 2.32 bits per heavy atom. The van der Waals surface area contributed by atoms with Crippen LogP contribution in [-0.2, 0) is 11.3 Å². The van der Waals surface area contributed by atoms with Crippen molar-refractivity contribution >= 4 is 11.8 Å². The number of fused-ring (bicyclic) bond motifs is 1. The largest absolute Gasteiger partial charge is 0.353 e. The van der Waals surface area contributed by atoms with Crippen molar-refractivity contribution in [1.82, 2.24) is 24.1 Å². The van der Waals surface area contributed by atoms with Crippen LogP contribution < -0.4 is 5.56 Å². The summed E-state index contributed by atoms with van der Waals surface area (Å²) in [5.74, 6) is 0.261. The molecule has 1 saturated carbocycles. The van der Waals surface area contributed by atoms with Gasteiger partial charge < -0.3 is 14.4 Å². The van der Waals surface area contributed by atoms with Crippen molar-refractivity contribution in [2.75, 3.05) is 26.2 Å². The smallest absolute Gasteiger partial charge is 0.282 e. The first-order valence-corrected chi connectivity index (χ1v) is 10.8. The van der Waals surface area contributed by atoms with E-state index in [1.165, 1.54) is 4.68 Å². The zero-order valence-electron chi connectivity index (χ0n) is 17.5. The average Bonchev–Trinajstić information content (AvgIpc) is 3.62. The van der Waals surface area contributed by atoms with E-state index in [4.69, 9.17) is 0 Å². The monoisotopic (exact) mass is 419 g/mol. The van der Waals surface area contributed by atoms with Gasteiger partial charge in [0.2, 0.25) is 5.91 Å². The molecule has 3 heterocycles. The predicted octanol–water partition coefficient (Wildman–Crippen LogP) is 1.85. The number of piperazine rings is 1. The summed E-state index contributed by atoms with van der Waals surface area (Å²) in [6, 6.07) is 9.21. The van der Waals surface area contributed by atoms with Gasteiger partial charge in [-0.25, -0.2) is 0 Å². The van der Waals surface area contributed by atoms with Crippen molar-refractivity contribution < 1.29 is 9.59 Å². The number of benzene rings is 1. The summed E-state index contributed by atoms with van der Waals surface area (Å²) in [5, 5.41) is 4.53. The highest BCUT2D eigenvalue weighted by Crippen LogP contribution is 2.31. The second-order valence-corrected chi connectivity index (χ2v) is 8.21. The molecule has 0 unspecified atom stereocenters. The molecule has 0 radical (unpaired) electrons. The molecule has 8 nitrogen and oxygen atoms in total. The Balaban J connectivity index is 1.47. The van der Waals surface area contributed by atoms with Gasteiger partial charge in [-0.15, -0.1) is 0 Å². The molecule has 0 spiro atoms. The number of amides is 2. The van der Waals surface area contributed by atoms with Gasteiger partial charge in [0.25, 0.3) is 11.5 Å². The van der Waals surface area contributed by atoms with Gasteiger partial charge in [-0.1, -0.05) is 18.2 Å². The number of carbonyl (C=O) groups excluding carboxylic acids is 2. The zero-order valence-corrected chi connectivity index (χ0v) is 17.5. The fourth-order valence-corrected chi connectivity index (χ4v) is 4.13. The average molecular weight is 419 g/mol. The lowest BCUT2D eigenvalue weighted by Gasteiger charge is -2.35. The Kier molecular flexibility index (Phi) is 4.84. The topological polar surface area (TPSA) is 80.4 Å². The summed E-state index contributed by atoms with van der Waals surface area (Å²) >= 11 is 0. The molecule has 0 bridgehead atoms.